The number of fused-ring (bicyclic) bond motifs is 2. The van der Waals surface area contributed by atoms with Crippen LogP contribution in [-0.4, -0.2) is 9.97 Å². The van der Waals surface area contributed by atoms with Gasteiger partial charge in [-0.05, 0) is 35.0 Å². The van der Waals surface area contributed by atoms with Crippen LogP contribution < -0.4 is 0 Å². The highest BCUT2D eigenvalue weighted by molar-refractivity contribution is 5.96. The van der Waals surface area contributed by atoms with Gasteiger partial charge in [-0.15, -0.1) is 0 Å². The van der Waals surface area contributed by atoms with Gasteiger partial charge in [-0.3, -0.25) is 0 Å². The minimum Gasteiger partial charge on any atom is -0.228 e. The van der Waals surface area contributed by atoms with Crippen molar-refractivity contribution in [2.75, 3.05) is 0 Å². The van der Waals surface area contributed by atoms with Crippen LogP contribution >= 0.6 is 0 Å². The van der Waals surface area contributed by atoms with E-state index in [0.717, 1.165) is 27.5 Å². The molecule has 0 aliphatic heterocycles. The van der Waals surface area contributed by atoms with Gasteiger partial charge in [-0.1, -0.05) is 66.7 Å². The lowest BCUT2D eigenvalue weighted by Crippen LogP contribution is -1.95. The lowest BCUT2D eigenvalue weighted by atomic mass is 10.0. The first kappa shape index (κ1) is 15.6. The van der Waals surface area contributed by atoms with Crippen molar-refractivity contribution in [3.63, 3.8) is 0 Å². The number of halogens is 1. The molecule has 27 heavy (non-hydrogen) atoms. The predicted octanol–water partition coefficient (Wildman–Crippen LogP) is 6.26. The lowest BCUT2D eigenvalue weighted by Gasteiger charge is -2.10. The molecule has 0 radical (unpaired) electrons. The highest BCUT2D eigenvalue weighted by atomic mass is 19.1. The van der Waals surface area contributed by atoms with E-state index in [1.54, 1.807) is 6.07 Å². The number of hydrogen-bond acceptors (Lipinski definition) is 2. The number of nitrogens with zero attached hydrogens (tertiary/aromatic N) is 2. The Kier molecular flexibility index (Phi) is 3.65. The van der Waals surface area contributed by atoms with E-state index in [2.05, 4.69) is 35.3 Å². The predicted molar refractivity (Wildman–Crippen MR) is 108 cm³/mol. The summed E-state index contributed by atoms with van der Waals surface area (Å²) in [5, 5.41) is 3.32. The number of hydrogen-bond donors (Lipinski definition) is 0. The van der Waals surface area contributed by atoms with Crippen LogP contribution in [-0.2, 0) is 0 Å². The largest absolute Gasteiger partial charge is 0.228 e. The van der Waals surface area contributed by atoms with E-state index in [1.165, 1.54) is 17.5 Å². The first-order valence-corrected chi connectivity index (χ1v) is 8.80. The van der Waals surface area contributed by atoms with Crippen LogP contribution in [0.2, 0.25) is 0 Å². The van der Waals surface area contributed by atoms with Crippen molar-refractivity contribution >= 4 is 21.7 Å². The molecule has 0 fully saturated rings. The molecule has 4 aromatic carbocycles. The zero-order valence-corrected chi connectivity index (χ0v) is 14.4. The van der Waals surface area contributed by atoms with Gasteiger partial charge < -0.3 is 0 Å². The fraction of sp³-hybridized carbons (Fsp3) is 0. The summed E-state index contributed by atoms with van der Waals surface area (Å²) in [6.07, 6.45) is 0. The molecule has 0 atom stereocenters. The molecule has 0 amide bonds. The number of aromatic nitrogens is 2. The highest BCUT2D eigenvalue weighted by Crippen LogP contribution is 2.31. The van der Waals surface area contributed by atoms with Crippen LogP contribution in [0.5, 0.6) is 0 Å². The van der Waals surface area contributed by atoms with Crippen LogP contribution in [0, 0.1) is 5.82 Å². The molecule has 0 saturated carbocycles. The molecule has 2 nitrogen and oxygen atoms in total. The van der Waals surface area contributed by atoms with E-state index < -0.39 is 0 Å². The molecule has 0 N–H and O–H groups in total. The van der Waals surface area contributed by atoms with Crippen LogP contribution in [0.15, 0.2) is 91.0 Å². The second kappa shape index (κ2) is 6.29. The Labute approximate surface area is 156 Å². The molecule has 0 aliphatic carbocycles. The summed E-state index contributed by atoms with van der Waals surface area (Å²) < 4.78 is 13.7. The maximum absolute atomic E-state index is 13.7. The summed E-state index contributed by atoms with van der Waals surface area (Å²) in [5.41, 5.74) is 3.38. The summed E-state index contributed by atoms with van der Waals surface area (Å²) in [7, 11) is 0. The van der Waals surface area contributed by atoms with Gasteiger partial charge in [0.2, 0.25) is 0 Å². The average molecular weight is 350 g/mol. The summed E-state index contributed by atoms with van der Waals surface area (Å²) in [4.78, 5) is 9.47. The number of para-hydroxylation sites is 1. The molecule has 3 heteroatoms. The molecule has 0 saturated heterocycles. The molecular formula is C24H15FN2. The Bertz CT molecular complexity index is 1290. The summed E-state index contributed by atoms with van der Waals surface area (Å²) in [6.45, 7) is 0. The average Bonchev–Trinajstić information content (AvgIpc) is 2.72. The Hall–Kier alpha value is -3.59. The topological polar surface area (TPSA) is 25.8 Å². The first-order chi connectivity index (χ1) is 13.3. The Morgan fingerprint density at radius 1 is 0.593 bits per heavy atom. The minimum atomic E-state index is -0.295. The van der Waals surface area contributed by atoms with Crippen molar-refractivity contribution in [1.29, 1.82) is 0 Å². The molecule has 0 aliphatic rings. The van der Waals surface area contributed by atoms with Gasteiger partial charge in [0.1, 0.15) is 5.82 Å². The van der Waals surface area contributed by atoms with Crippen LogP contribution in [0.4, 0.5) is 4.39 Å². The van der Waals surface area contributed by atoms with Crippen molar-refractivity contribution in [2.24, 2.45) is 0 Å². The highest BCUT2D eigenvalue weighted by Gasteiger charge is 2.12. The molecule has 5 rings (SSSR count). The zero-order chi connectivity index (χ0) is 18.2. The van der Waals surface area contributed by atoms with Gasteiger partial charge in [0.15, 0.2) is 5.82 Å². The Morgan fingerprint density at radius 3 is 2.30 bits per heavy atom. The minimum absolute atomic E-state index is 0.295. The van der Waals surface area contributed by atoms with E-state index in [9.17, 15) is 4.39 Å². The smallest absolute Gasteiger partial charge is 0.160 e. The van der Waals surface area contributed by atoms with Gasteiger partial charge in [0, 0.05) is 16.5 Å². The van der Waals surface area contributed by atoms with Crippen molar-refractivity contribution in [3.8, 4) is 22.6 Å². The van der Waals surface area contributed by atoms with Gasteiger partial charge in [-0.2, -0.15) is 0 Å². The fourth-order valence-corrected chi connectivity index (χ4v) is 3.39. The Balaban J connectivity index is 1.79. The summed E-state index contributed by atoms with van der Waals surface area (Å²) in [5.74, 6) is 0.230. The molecule has 5 aromatic rings. The van der Waals surface area contributed by atoms with Crippen LogP contribution in [0.25, 0.3) is 44.3 Å². The molecule has 0 bridgehead atoms. The Morgan fingerprint density at radius 2 is 1.41 bits per heavy atom. The van der Waals surface area contributed by atoms with Gasteiger partial charge in [-0.25, -0.2) is 14.4 Å². The molecule has 0 unspecified atom stereocenters. The monoisotopic (exact) mass is 350 g/mol. The normalized spacial score (nSPS) is 11.1. The van der Waals surface area contributed by atoms with Crippen LogP contribution in [0.3, 0.4) is 0 Å². The SMILES string of the molecule is Fc1cccc(-c2nc(-c3ccc4ccccc4c3)c3ccccc3n2)c1. The van der Waals surface area contributed by atoms with Gasteiger partial charge in [0.25, 0.3) is 0 Å². The second-order valence-electron chi connectivity index (χ2n) is 6.49. The van der Waals surface area contributed by atoms with E-state index >= 15 is 0 Å². The summed E-state index contributed by atoms with van der Waals surface area (Å²) in [6, 6.07) is 28.9. The third kappa shape index (κ3) is 2.83. The maximum atomic E-state index is 13.7. The van der Waals surface area contributed by atoms with Crippen LogP contribution in [0.1, 0.15) is 0 Å². The van der Waals surface area contributed by atoms with E-state index in [1.807, 2.05) is 42.5 Å². The summed E-state index contributed by atoms with van der Waals surface area (Å²) >= 11 is 0. The van der Waals surface area contributed by atoms with Gasteiger partial charge >= 0.3 is 0 Å². The van der Waals surface area contributed by atoms with Crippen molar-refractivity contribution in [3.05, 3.63) is 96.8 Å². The third-order valence-electron chi connectivity index (χ3n) is 4.71. The molecular weight excluding hydrogens is 335 g/mol. The van der Waals surface area contributed by atoms with Crippen molar-refractivity contribution < 1.29 is 4.39 Å². The fourth-order valence-electron chi connectivity index (χ4n) is 3.39. The zero-order valence-electron chi connectivity index (χ0n) is 14.4. The van der Waals surface area contributed by atoms with Crippen molar-refractivity contribution in [2.45, 2.75) is 0 Å². The quantitative estimate of drug-likeness (QED) is 0.376. The standard InChI is InChI=1S/C24H15FN2/c25-20-9-5-8-19(15-20)24-26-22-11-4-3-10-21(22)23(27-24)18-13-12-16-6-1-2-7-17(16)14-18/h1-15H. The van der Waals surface area contributed by atoms with E-state index in [0.29, 0.717) is 11.4 Å². The van der Waals surface area contributed by atoms with Gasteiger partial charge in [0.05, 0.1) is 11.2 Å². The second-order valence-corrected chi connectivity index (χ2v) is 6.49. The number of benzene rings is 4. The van der Waals surface area contributed by atoms with Crippen molar-refractivity contribution in [1.82, 2.24) is 9.97 Å². The first-order valence-electron chi connectivity index (χ1n) is 8.80. The van der Waals surface area contributed by atoms with E-state index in [4.69, 9.17) is 4.98 Å². The lowest BCUT2D eigenvalue weighted by molar-refractivity contribution is 0.628. The molecule has 128 valence electrons. The molecule has 1 heterocycles. The molecule has 0 spiro atoms. The third-order valence-corrected chi connectivity index (χ3v) is 4.71. The van der Waals surface area contributed by atoms with E-state index in [-0.39, 0.29) is 5.82 Å². The maximum Gasteiger partial charge on any atom is 0.160 e. The molecule has 1 aromatic heterocycles. The number of rotatable bonds is 2.